The van der Waals surface area contributed by atoms with Gasteiger partial charge in [-0.1, -0.05) is 29.8 Å². The maximum Gasteiger partial charge on any atom is 0.339 e. The van der Waals surface area contributed by atoms with E-state index in [-0.39, 0.29) is 41.5 Å². The van der Waals surface area contributed by atoms with Crippen molar-refractivity contribution in [3.05, 3.63) is 71.8 Å². The van der Waals surface area contributed by atoms with Crippen molar-refractivity contribution in [1.82, 2.24) is 0 Å². The Morgan fingerprint density at radius 3 is 1.31 bits per heavy atom. The molecule has 0 aliphatic heterocycles. The van der Waals surface area contributed by atoms with Crippen LogP contribution in [0, 0.1) is 6.92 Å². The summed E-state index contributed by atoms with van der Waals surface area (Å²) in [5, 5.41) is 56.1. The van der Waals surface area contributed by atoms with Crippen LogP contribution < -0.4 is 0 Å². The molecule has 0 aliphatic rings. The van der Waals surface area contributed by atoms with Crippen molar-refractivity contribution in [2.24, 2.45) is 0 Å². The van der Waals surface area contributed by atoms with Gasteiger partial charge in [0.05, 0.1) is 17.7 Å². The molecule has 0 saturated heterocycles. The van der Waals surface area contributed by atoms with Crippen LogP contribution in [0.2, 0.25) is 0 Å². The number of aryl methyl sites for hydroxylation is 1. The quantitative estimate of drug-likeness (QED) is 0.159. The van der Waals surface area contributed by atoms with E-state index in [9.17, 15) is 32.4 Å². The number of carboxylic acid groups (broad SMARTS) is 6. The van der Waals surface area contributed by atoms with Crippen LogP contribution in [0.15, 0.2) is 65.6 Å². The van der Waals surface area contributed by atoms with Gasteiger partial charge >= 0.3 is 29.8 Å². The van der Waals surface area contributed by atoms with Crippen molar-refractivity contribution >= 4 is 58.3 Å². The molecule has 0 heterocycles. The molecule has 234 valence electrons. The van der Waals surface area contributed by atoms with E-state index in [2.05, 4.69) is 0 Å². The number of hydrogen-bond acceptors (Lipinski definition) is 9. The molecule has 2 aromatic carbocycles. The molecule has 42 heavy (non-hydrogen) atoms. The Kier molecular flexibility index (Phi) is 25.0. The average molecular weight is 641 g/mol. The molecule has 0 spiro atoms. The summed E-state index contributed by atoms with van der Waals surface area (Å²) in [6.07, 6.45) is 0.523. The lowest BCUT2D eigenvalue weighted by atomic mass is 10.2. The molecule has 2 rings (SSSR count). The molecule has 8 N–H and O–H groups in total. The Balaban J connectivity index is -0.000000220. The van der Waals surface area contributed by atoms with Crippen molar-refractivity contribution < 1.29 is 77.5 Å². The van der Waals surface area contributed by atoms with Crippen molar-refractivity contribution in [1.29, 1.82) is 0 Å². The topological polar surface area (TPSA) is 298 Å². The second kappa shape index (κ2) is 23.9. The molecule has 0 bridgehead atoms. The normalized spacial score (nSPS) is 9.21. The van der Waals surface area contributed by atoms with E-state index >= 15 is 0 Å². The number of carboxylic acids is 6. The largest absolute Gasteiger partial charge is 0.507 e. The Bertz CT molecular complexity index is 1270. The minimum absolute atomic E-state index is 0. The average Bonchev–Trinajstić information content (AvgIpc) is 2.82. The van der Waals surface area contributed by atoms with Gasteiger partial charge in [0.25, 0.3) is 16.1 Å². The number of aromatic hydroxyl groups is 1. The van der Waals surface area contributed by atoms with E-state index in [0.717, 1.165) is 12.5 Å². The monoisotopic (exact) mass is 640 g/mol. The molecule has 0 radical (unpaired) electrons. The van der Waals surface area contributed by atoms with Gasteiger partial charge in [-0.3, -0.25) is 18.9 Å². The minimum atomic E-state index is -4.02. The Labute approximate surface area is 245 Å². The van der Waals surface area contributed by atoms with Crippen LogP contribution in [0.4, 0.5) is 0 Å². The van der Waals surface area contributed by atoms with E-state index in [1.54, 1.807) is 24.3 Å². The highest BCUT2D eigenvalue weighted by molar-refractivity contribution is 7.85. The van der Waals surface area contributed by atoms with Crippen LogP contribution >= 0.6 is 12.4 Å². The summed E-state index contributed by atoms with van der Waals surface area (Å²) in [7, 11) is -4.02. The van der Waals surface area contributed by atoms with Gasteiger partial charge < -0.3 is 35.7 Å². The molecular weight excluding hydrogens is 612 g/mol. The fourth-order valence-corrected chi connectivity index (χ4v) is 2.20. The predicted octanol–water partition coefficient (Wildman–Crippen LogP) is 2.49. The van der Waals surface area contributed by atoms with E-state index in [1.807, 2.05) is 6.92 Å². The van der Waals surface area contributed by atoms with Crippen molar-refractivity contribution in [3.63, 3.8) is 0 Å². The highest BCUT2D eigenvalue weighted by Crippen LogP contribution is 2.14. The maximum atomic E-state index is 10.5. The van der Waals surface area contributed by atoms with E-state index in [1.165, 1.54) is 24.3 Å². The first kappa shape index (κ1) is 44.0. The van der Waals surface area contributed by atoms with Crippen LogP contribution in [0.25, 0.3) is 0 Å². The molecule has 16 nitrogen and oxygen atoms in total. The first-order valence-electron chi connectivity index (χ1n) is 10.5. The summed E-state index contributed by atoms with van der Waals surface area (Å²) in [6.45, 7) is 2.92. The molecule has 0 amide bonds. The molecule has 18 heteroatoms. The lowest BCUT2D eigenvalue weighted by Gasteiger charge is -1.95. The van der Waals surface area contributed by atoms with Crippen LogP contribution in [-0.2, 0) is 34.1 Å². The van der Waals surface area contributed by atoms with Crippen LogP contribution in [0.3, 0.4) is 0 Å². The summed E-state index contributed by atoms with van der Waals surface area (Å²) in [5.41, 5.74) is 0.889. The predicted molar refractivity (Wildman–Crippen MR) is 146 cm³/mol. The number of halogens is 1. The third-order valence-corrected chi connectivity index (χ3v) is 4.24. The third-order valence-electron chi connectivity index (χ3n) is 3.37. The fourth-order valence-electron chi connectivity index (χ4n) is 1.72. The van der Waals surface area contributed by atoms with Crippen molar-refractivity contribution in [2.45, 2.75) is 31.6 Å². The lowest BCUT2D eigenvalue weighted by molar-refractivity contribution is -0.143. The zero-order valence-corrected chi connectivity index (χ0v) is 23.5. The third kappa shape index (κ3) is 31.2. The standard InChI is InChI=1S/C7H8O3S.C7H6O3.C4H6O4.C4H4O4.C2H4O2.ClH/c1-6-2-4-7(5-3-6)11(8,9)10;8-6-4-2-1-3-5(6)7(9)10;2*5-3(6)1-2-4(7)8;1-2(3)4;/h2-5H,1H3,(H,8,9,10);1-4,8H,(H,9,10);1-2H2,(H,5,6)(H,7,8);1-2H,(H,5,6)(H,7,8);1H3,(H,3,4);1H/b;;;2-1-;;. The number of hydrogen-bond donors (Lipinski definition) is 8. The number of carbonyl (C=O) groups is 6. The van der Waals surface area contributed by atoms with Gasteiger partial charge in [-0.25, -0.2) is 14.4 Å². The van der Waals surface area contributed by atoms with Crippen LogP contribution in [0.1, 0.15) is 35.7 Å². The molecule has 2 aromatic rings. The van der Waals surface area contributed by atoms with E-state index in [4.69, 9.17) is 45.1 Å². The van der Waals surface area contributed by atoms with Crippen molar-refractivity contribution in [2.75, 3.05) is 0 Å². The number of rotatable bonds is 7. The van der Waals surface area contributed by atoms with Gasteiger partial charge in [-0.05, 0) is 31.2 Å². The van der Waals surface area contributed by atoms with Gasteiger partial charge in [0, 0.05) is 19.1 Å². The smallest absolute Gasteiger partial charge is 0.339 e. The molecule has 0 unspecified atom stereocenters. The summed E-state index contributed by atoms with van der Waals surface area (Å²) >= 11 is 0. The maximum absolute atomic E-state index is 10.5. The molecule has 0 atom stereocenters. The van der Waals surface area contributed by atoms with Crippen LogP contribution in [-0.4, -0.2) is 84.5 Å². The lowest BCUT2D eigenvalue weighted by Crippen LogP contribution is -2.00. The van der Waals surface area contributed by atoms with Gasteiger partial charge in [-0.15, -0.1) is 12.4 Å². The van der Waals surface area contributed by atoms with Gasteiger partial charge in [0.15, 0.2) is 0 Å². The SMILES string of the molecule is CC(=O)O.Cc1ccc(S(=O)(=O)O)cc1.Cl.O=C(O)/C=C\C(=O)O.O=C(O)CCC(=O)O.O=C(O)c1ccccc1O. The number of aliphatic carboxylic acids is 5. The minimum Gasteiger partial charge on any atom is -0.507 e. The van der Waals surface area contributed by atoms with Crippen molar-refractivity contribution in [3.8, 4) is 5.75 Å². The Hall–Kier alpha value is -5.00. The van der Waals surface area contributed by atoms with Crippen LogP contribution in [0.5, 0.6) is 5.75 Å². The zero-order chi connectivity index (χ0) is 32.8. The summed E-state index contributed by atoms with van der Waals surface area (Å²) in [4.78, 5) is 57.6. The van der Waals surface area contributed by atoms with Gasteiger partial charge in [-0.2, -0.15) is 8.42 Å². The molecule has 0 aliphatic carbocycles. The number of phenols is 1. The number of aromatic carboxylic acids is 1. The summed E-state index contributed by atoms with van der Waals surface area (Å²) in [5.74, 6) is -6.81. The van der Waals surface area contributed by atoms with Gasteiger partial charge in [0.2, 0.25) is 0 Å². The van der Waals surface area contributed by atoms with E-state index < -0.39 is 45.9 Å². The zero-order valence-electron chi connectivity index (χ0n) is 21.8. The Morgan fingerprint density at radius 2 is 1.07 bits per heavy atom. The highest BCUT2D eigenvalue weighted by Gasteiger charge is 2.07. The molecule has 0 aromatic heterocycles. The summed E-state index contributed by atoms with van der Waals surface area (Å²) in [6, 6.07) is 11.8. The fraction of sp³-hybridized carbons (Fsp3) is 0.167. The first-order valence-corrected chi connectivity index (χ1v) is 12.0. The second-order valence-corrected chi connectivity index (χ2v) is 8.35. The number of para-hydroxylation sites is 1. The van der Waals surface area contributed by atoms with Gasteiger partial charge in [0.1, 0.15) is 11.3 Å². The number of benzene rings is 2. The summed E-state index contributed by atoms with van der Waals surface area (Å²) < 4.78 is 29.6. The second-order valence-electron chi connectivity index (χ2n) is 6.93. The molecule has 0 saturated carbocycles. The molecule has 0 fully saturated rings. The molecular formula is C24H29ClO16S. The Morgan fingerprint density at radius 1 is 0.714 bits per heavy atom. The highest BCUT2D eigenvalue weighted by atomic mass is 35.5. The first-order chi connectivity index (χ1) is 18.7. The van der Waals surface area contributed by atoms with E-state index in [0.29, 0.717) is 12.2 Å².